The van der Waals surface area contributed by atoms with Crippen LogP contribution in [0, 0.1) is 46.1 Å². The molecule has 6 aliphatic rings. The number of rotatable bonds is 6. The van der Waals surface area contributed by atoms with E-state index in [0.717, 1.165) is 50.0 Å². The fourth-order valence-corrected chi connectivity index (χ4v) is 11.7. The second-order valence-electron chi connectivity index (χ2n) is 16.4. The molecule has 1 spiro atoms. The molecule has 6 fully saturated rings. The first kappa shape index (κ1) is 34.6. The van der Waals surface area contributed by atoms with Crippen LogP contribution in [-0.2, 0) is 9.53 Å². The molecule has 4 atom stereocenters. The quantitative estimate of drug-likeness (QED) is 0.232. The number of amides is 1. The number of nitrogen functional groups attached to an aromatic ring is 1. The molecule has 2 aromatic carbocycles. The molecule has 1 amide bonds. The van der Waals surface area contributed by atoms with Gasteiger partial charge in [0.25, 0.3) is 0 Å². The minimum atomic E-state index is -0.948. The van der Waals surface area contributed by atoms with Gasteiger partial charge < -0.3 is 25.0 Å². The Kier molecular flexibility index (Phi) is 8.04. The molecule has 4 aromatic rings. The van der Waals surface area contributed by atoms with Gasteiger partial charge >= 0.3 is 6.01 Å². The maximum absolute atomic E-state index is 17.3. The average molecular weight is 778 g/mol. The summed E-state index contributed by atoms with van der Waals surface area (Å²) in [6, 6.07) is 6.28. The van der Waals surface area contributed by atoms with Gasteiger partial charge in [0.15, 0.2) is 5.82 Å². The summed E-state index contributed by atoms with van der Waals surface area (Å²) in [5.41, 5.74) is 5.70. The van der Waals surface area contributed by atoms with Gasteiger partial charge in [0.2, 0.25) is 5.91 Å². The van der Waals surface area contributed by atoms with Crippen molar-refractivity contribution in [1.82, 2.24) is 19.8 Å². The lowest BCUT2D eigenvalue weighted by molar-refractivity contribution is -0.146. The molecule has 54 heavy (non-hydrogen) atoms. The van der Waals surface area contributed by atoms with Gasteiger partial charge in [0.05, 0.1) is 34.0 Å². The Bertz CT molecular complexity index is 2270. The summed E-state index contributed by atoms with van der Waals surface area (Å²) < 4.78 is 59.0. The van der Waals surface area contributed by atoms with Gasteiger partial charge in [-0.1, -0.05) is 24.1 Å². The van der Waals surface area contributed by atoms with Crippen LogP contribution in [0.15, 0.2) is 18.2 Å². The van der Waals surface area contributed by atoms with Crippen molar-refractivity contribution in [1.29, 1.82) is 5.26 Å². The van der Waals surface area contributed by atoms with E-state index < -0.39 is 23.3 Å². The van der Waals surface area contributed by atoms with Gasteiger partial charge in [0.1, 0.15) is 41.0 Å². The van der Waals surface area contributed by atoms with Crippen molar-refractivity contribution in [2.24, 2.45) is 23.2 Å². The first-order chi connectivity index (χ1) is 26.1. The second-order valence-corrected chi connectivity index (χ2v) is 17.8. The van der Waals surface area contributed by atoms with E-state index in [1.165, 1.54) is 12.1 Å². The number of nitrogens with zero attached hydrogens (tertiary/aromatic N) is 6. The average Bonchev–Trinajstić information content (AvgIpc) is 3.44. The van der Waals surface area contributed by atoms with Crippen molar-refractivity contribution < 1.29 is 27.4 Å². The summed E-state index contributed by atoms with van der Waals surface area (Å²) >= 11 is 7.90. The molecular weight excluding hydrogens is 739 g/mol. The molecule has 2 unspecified atom stereocenters. The van der Waals surface area contributed by atoms with Gasteiger partial charge in [-0.2, -0.15) is 15.2 Å². The van der Waals surface area contributed by atoms with Gasteiger partial charge in [-0.3, -0.25) is 9.69 Å². The molecule has 2 aromatic heterocycles. The summed E-state index contributed by atoms with van der Waals surface area (Å²) in [6.45, 7) is 5.19. The Hall–Kier alpha value is -3.90. The van der Waals surface area contributed by atoms with Gasteiger partial charge in [-0.25, -0.2) is 13.2 Å². The lowest BCUT2D eigenvalue weighted by Crippen LogP contribution is -2.62. The van der Waals surface area contributed by atoms with E-state index in [0.29, 0.717) is 75.4 Å². The van der Waals surface area contributed by atoms with Crippen LogP contribution in [0.3, 0.4) is 0 Å². The topological polar surface area (TPSA) is 121 Å². The number of hydrogen-bond acceptors (Lipinski definition) is 10. The minimum absolute atomic E-state index is 0.0267. The third-order valence-corrected chi connectivity index (χ3v) is 14.4. The van der Waals surface area contributed by atoms with Crippen LogP contribution in [0.2, 0.25) is 5.02 Å². The summed E-state index contributed by atoms with van der Waals surface area (Å²) in [6.07, 6.45) is 3.92. The van der Waals surface area contributed by atoms with Crippen LogP contribution >= 0.6 is 22.9 Å². The molecule has 7 heterocycles. The highest BCUT2D eigenvalue weighted by atomic mass is 35.5. The fourth-order valence-electron chi connectivity index (χ4n) is 10.4. The lowest BCUT2D eigenvalue weighted by atomic mass is 9.75. The number of aromatic nitrogens is 2. The Morgan fingerprint density at radius 1 is 1.13 bits per heavy atom. The van der Waals surface area contributed by atoms with Crippen molar-refractivity contribution in [2.45, 2.75) is 50.2 Å². The maximum atomic E-state index is 17.3. The SMILES string of the molecule is N#Cc1c(N)sc2c(F)ccc(-c3c(Cl)cc4c(N5CCCCC6(CN(C(=O)C7C8COCC87)C6)C5)nc(OC[C@@]56CCCN5C[C@H](F)C6)nc4c3F)c12. The highest BCUT2D eigenvalue weighted by molar-refractivity contribution is 7.23. The lowest BCUT2D eigenvalue weighted by Gasteiger charge is -2.51. The zero-order valence-electron chi connectivity index (χ0n) is 29.6. The molecule has 0 bridgehead atoms. The Labute approximate surface area is 318 Å². The minimum Gasteiger partial charge on any atom is -0.461 e. The highest BCUT2D eigenvalue weighted by Gasteiger charge is 2.61. The number of nitriles is 1. The van der Waals surface area contributed by atoms with Crippen LogP contribution in [0.5, 0.6) is 6.01 Å². The number of nitrogens with two attached hydrogens (primary N) is 1. The van der Waals surface area contributed by atoms with E-state index in [1.54, 1.807) is 6.07 Å². The zero-order chi connectivity index (χ0) is 37.1. The smallest absolute Gasteiger partial charge is 0.319 e. The van der Waals surface area contributed by atoms with Gasteiger partial charge in [0, 0.05) is 66.8 Å². The van der Waals surface area contributed by atoms with E-state index in [4.69, 9.17) is 31.8 Å². The van der Waals surface area contributed by atoms with Crippen molar-refractivity contribution in [3.8, 4) is 23.2 Å². The van der Waals surface area contributed by atoms with E-state index in [1.807, 2.05) is 4.90 Å². The molecule has 5 saturated heterocycles. The molecule has 5 aliphatic heterocycles. The number of thiophene rings is 1. The first-order valence-electron chi connectivity index (χ1n) is 18.8. The number of hydrogen-bond donors (Lipinski definition) is 1. The van der Waals surface area contributed by atoms with Crippen LogP contribution in [0.25, 0.3) is 32.1 Å². The van der Waals surface area contributed by atoms with Crippen molar-refractivity contribution >= 4 is 60.7 Å². The van der Waals surface area contributed by atoms with Gasteiger partial charge in [-0.05, 0) is 61.8 Å². The number of halogens is 4. The van der Waals surface area contributed by atoms with E-state index in [-0.39, 0.29) is 72.2 Å². The van der Waals surface area contributed by atoms with Crippen LogP contribution in [0.4, 0.5) is 24.0 Å². The molecule has 10 nitrogen and oxygen atoms in total. The Morgan fingerprint density at radius 3 is 2.74 bits per heavy atom. The number of benzene rings is 2. The third-order valence-electron chi connectivity index (χ3n) is 13.1. The van der Waals surface area contributed by atoms with Gasteiger partial charge in [-0.15, -0.1) is 11.3 Å². The molecular formula is C39H39ClF3N7O3S. The third kappa shape index (κ3) is 5.28. The maximum Gasteiger partial charge on any atom is 0.319 e. The largest absolute Gasteiger partial charge is 0.461 e. The number of anilines is 2. The van der Waals surface area contributed by atoms with E-state index >= 15 is 8.78 Å². The monoisotopic (exact) mass is 777 g/mol. The number of ether oxygens (including phenoxy) is 2. The Balaban J connectivity index is 1.05. The summed E-state index contributed by atoms with van der Waals surface area (Å²) in [5, 5.41) is 10.7. The van der Waals surface area contributed by atoms with E-state index in [9.17, 15) is 14.4 Å². The van der Waals surface area contributed by atoms with Crippen molar-refractivity contribution in [3.63, 3.8) is 0 Å². The predicted molar refractivity (Wildman–Crippen MR) is 199 cm³/mol. The van der Waals surface area contributed by atoms with Crippen LogP contribution in [-0.4, -0.2) is 96.5 Å². The normalized spacial score (nSPS) is 28.6. The molecule has 15 heteroatoms. The number of likely N-dealkylation sites (tertiary alicyclic amines) is 1. The molecule has 10 rings (SSSR count). The van der Waals surface area contributed by atoms with Crippen molar-refractivity contribution in [3.05, 3.63) is 40.4 Å². The standard InChI is InChI=1S/C39H39ClF3N7O3S/c40-26-10-22-32(31(43)30(26)21-4-5-27(42)33-28(21)23(12-44)34(45)54-33)46-37(53-19-39-7-3-9-50(39)13-20(41)11-39)47-35(22)48-8-2-1-6-38(16-48)17-49(18-38)36(51)29-24-14-52-15-25(24)29/h4-5,10,20,24-25,29H,1-3,6-9,11,13-19,45H2/t20-,24?,25?,29?,39+/m1/s1. The molecule has 282 valence electrons. The molecule has 2 N–H and O–H groups in total. The fraction of sp³-hybridized carbons (Fsp3) is 0.538. The highest BCUT2D eigenvalue weighted by Crippen LogP contribution is 2.54. The molecule has 1 saturated carbocycles. The van der Waals surface area contributed by atoms with Crippen LogP contribution in [0.1, 0.15) is 44.1 Å². The predicted octanol–water partition coefficient (Wildman–Crippen LogP) is 6.56. The first-order valence-corrected chi connectivity index (χ1v) is 20.0. The zero-order valence-corrected chi connectivity index (χ0v) is 31.1. The number of alkyl halides is 1. The second kappa shape index (κ2) is 12.6. The summed E-state index contributed by atoms with van der Waals surface area (Å²) in [7, 11) is 0. The van der Waals surface area contributed by atoms with Crippen LogP contribution < -0.4 is 15.4 Å². The summed E-state index contributed by atoms with van der Waals surface area (Å²) in [5.74, 6) is 0.127. The number of carbonyl (C=O) groups excluding carboxylic acids is 1. The van der Waals surface area contributed by atoms with E-state index in [2.05, 4.69) is 20.9 Å². The molecule has 0 radical (unpaired) electrons. The Morgan fingerprint density at radius 2 is 1.94 bits per heavy atom. The van der Waals surface area contributed by atoms with Crippen molar-refractivity contribution in [2.75, 3.05) is 69.7 Å². The summed E-state index contributed by atoms with van der Waals surface area (Å²) in [4.78, 5) is 29.3. The number of fused-ring (bicyclic) bond motifs is 4. The number of carbonyl (C=O) groups is 1. The molecule has 1 aliphatic carbocycles.